The fourth-order valence-electron chi connectivity index (χ4n) is 4.77. The SMILES string of the molecule is CCn1nc(C)c(-c2cc(C(=O)N3CCCC3c3nc(C4CCOCC4)no3)no2)c1C. The van der Waals surface area contributed by atoms with E-state index in [-0.39, 0.29) is 23.6 Å². The van der Waals surface area contributed by atoms with Crippen LogP contribution >= 0.6 is 0 Å². The predicted molar refractivity (Wildman–Crippen MR) is 113 cm³/mol. The lowest BCUT2D eigenvalue weighted by Gasteiger charge is -2.20. The number of ether oxygens (including phenoxy) is 1. The van der Waals surface area contributed by atoms with E-state index in [1.165, 1.54) is 0 Å². The molecule has 2 aliphatic heterocycles. The van der Waals surface area contributed by atoms with E-state index in [0.717, 1.165) is 49.2 Å². The third-order valence-electron chi connectivity index (χ3n) is 6.50. The molecule has 3 aromatic rings. The average Bonchev–Trinajstić information content (AvgIpc) is 3.60. The number of aromatic nitrogens is 5. The maximum Gasteiger partial charge on any atom is 0.276 e. The van der Waals surface area contributed by atoms with Gasteiger partial charge in [0.1, 0.15) is 6.04 Å². The van der Waals surface area contributed by atoms with E-state index in [9.17, 15) is 4.79 Å². The van der Waals surface area contributed by atoms with Crippen LogP contribution in [0.2, 0.25) is 0 Å². The fourth-order valence-corrected chi connectivity index (χ4v) is 4.77. The first-order valence-corrected chi connectivity index (χ1v) is 11.3. The molecule has 1 unspecified atom stereocenters. The minimum Gasteiger partial charge on any atom is -0.381 e. The highest BCUT2D eigenvalue weighted by atomic mass is 16.5. The number of amides is 1. The summed E-state index contributed by atoms with van der Waals surface area (Å²) in [5.41, 5.74) is 3.00. The molecule has 5 heterocycles. The maximum atomic E-state index is 13.3. The summed E-state index contributed by atoms with van der Waals surface area (Å²) in [5, 5.41) is 12.8. The molecule has 0 spiro atoms. The molecule has 0 aromatic carbocycles. The average molecular weight is 441 g/mol. The monoisotopic (exact) mass is 440 g/mol. The van der Waals surface area contributed by atoms with Gasteiger partial charge >= 0.3 is 0 Å². The molecule has 0 radical (unpaired) electrons. The van der Waals surface area contributed by atoms with Crippen LogP contribution in [0, 0.1) is 13.8 Å². The first kappa shape index (κ1) is 20.9. The van der Waals surface area contributed by atoms with Crippen LogP contribution in [0.25, 0.3) is 11.3 Å². The van der Waals surface area contributed by atoms with E-state index < -0.39 is 0 Å². The summed E-state index contributed by atoms with van der Waals surface area (Å²) in [7, 11) is 0. The Morgan fingerprint density at radius 3 is 2.72 bits per heavy atom. The molecule has 10 nitrogen and oxygen atoms in total. The van der Waals surface area contributed by atoms with Gasteiger partial charge in [-0.3, -0.25) is 9.48 Å². The molecule has 2 saturated heterocycles. The van der Waals surface area contributed by atoms with Crippen molar-refractivity contribution >= 4 is 5.91 Å². The van der Waals surface area contributed by atoms with E-state index in [2.05, 4.69) is 20.4 Å². The van der Waals surface area contributed by atoms with Gasteiger partial charge in [-0.25, -0.2) is 0 Å². The molecule has 1 amide bonds. The Morgan fingerprint density at radius 2 is 1.97 bits per heavy atom. The van der Waals surface area contributed by atoms with Crippen LogP contribution < -0.4 is 0 Å². The zero-order valence-corrected chi connectivity index (χ0v) is 18.7. The second-order valence-electron chi connectivity index (χ2n) is 8.47. The summed E-state index contributed by atoms with van der Waals surface area (Å²) in [4.78, 5) is 19.7. The van der Waals surface area contributed by atoms with Crippen molar-refractivity contribution in [2.75, 3.05) is 19.8 Å². The van der Waals surface area contributed by atoms with Crippen LogP contribution in [0.3, 0.4) is 0 Å². The van der Waals surface area contributed by atoms with Gasteiger partial charge in [-0.15, -0.1) is 0 Å². The van der Waals surface area contributed by atoms with Crippen LogP contribution in [-0.2, 0) is 11.3 Å². The van der Waals surface area contributed by atoms with Gasteiger partial charge < -0.3 is 18.7 Å². The molecule has 0 saturated carbocycles. The molecule has 0 bridgehead atoms. The van der Waals surface area contributed by atoms with Crippen molar-refractivity contribution in [1.82, 2.24) is 30.0 Å². The van der Waals surface area contributed by atoms with Crippen molar-refractivity contribution < 1.29 is 18.6 Å². The largest absolute Gasteiger partial charge is 0.381 e. The Bertz CT molecular complexity index is 1110. The Balaban J connectivity index is 1.36. The van der Waals surface area contributed by atoms with Gasteiger partial charge in [0.05, 0.1) is 11.3 Å². The summed E-state index contributed by atoms with van der Waals surface area (Å²) in [6, 6.07) is 1.46. The summed E-state index contributed by atoms with van der Waals surface area (Å²) in [6.45, 7) is 8.78. The molecule has 10 heteroatoms. The highest BCUT2D eigenvalue weighted by Crippen LogP contribution is 2.35. The molecule has 1 atom stereocenters. The van der Waals surface area contributed by atoms with E-state index >= 15 is 0 Å². The summed E-state index contributed by atoms with van der Waals surface area (Å²) < 4.78 is 18.5. The normalized spacial score (nSPS) is 19.7. The number of rotatable bonds is 5. The highest BCUT2D eigenvalue weighted by Gasteiger charge is 2.36. The van der Waals surface area contributed by atoms with E-state index in [0.29, 0.717) is 37.2 Å². The van der Waals surface area contributed by atoms with E-state index in [1.54, 1.807) is 11.0 Å². The second-order valence-corrected chi connectivity index (χ2v) is 8.47. The number of carbonyl (C=O) groups excluding carboxylic acids is 1. The summed E-state index contributed by atoms with van der Waals surface area (Å²) in [6.07, 6.45) is 3.44. The Kier molecular flexibility index (Phi) is 5.54. The van der Waals surface area contributed by atoms with Crippen molar-refractivity contribution in [3.05, 3.63) is 34.9 Å². The minimum atomic E-state index is -0.241. The maximum absolute atomic E-state index is 13.3. The summed E-state index contributed by atoms with van der Waals surface area (Å²) >= 11 is 0. The lowest BCUT2D eigenvalue weighted by atomic mass is 10.00. The van der Waals surface area contributed by atoms with Gasteiger partial charge in [0, 0.05) is 44.0 Å². The Morgan fingerprint density at radius 1 is 1.16 bits per heavy atom. The lowest BCUT2D eigenvalue weighted by molar-refractivity contribution is 0.0699. The number of aryl methyl sites for hydroxylation is 2. The first-order valence-electron chi connectivity index (χ1n) is 11.3. The topological polar surface area (TPSA) is 112 Å². The van der Waals surface area contributed by atoms with Gasteiger partial charge in [0.25, 0.3) is 5.91 Å². The quantitative estimate of drug-likeness (QED) is 0.593. The molecule has 5 rings (SSSR count). The molecule has 0 aliphatic carbocycles. The lowest BCUT2D eigenvalue weighted by Crippen LogP contribution is -2.31. The van der Waals surface area contributed by atoms with Gasteiger partial charge in [0.2, 0.25) is 5.89 Å². The highest BCUT2D eigenvalue weighted by molar-refractivity contribution is 5.93. The fraction of sp³-hybridized carbons (Fsp3) is 0.591. The first-order chi connectivity index (χ1) is 15.6. The van der Waals surface area contributed by atoms with Crippen molar-refractivity contribution in [3.63, 3.8) is 0 Å². The minimum absolute atomic E-state index is 0.188. The zero-order chi connectivity index (χ0) is 22.2. The van der Waals surface area contributed by atoms with Gasteiger partial charge in [-0.1, -0.05) is 10.3 Å². The smallest absolute Gasteiger partial charge is 0.276 e. The van der Waals surface area contributed by atoms with E-state index in [1.807, 2.05) is 25.5 Å². The number of hydrogen-bond donors (Lipinski definition) is 0. The molecular formula is C22H28N6O4. The van der Waals surface area contributed by atoms with Crippen molar-refractivity contribution in [3.8, 4) is 11.3 Å². The van der Waals surface area contributed by atoms with Crippen molar-refractivity contribution in [2.24, 2.45) is 0 Å². The molecule has 2 aliphatic rings. The molecule has 170 valence electrons. The third kappa shape index (κ3) is 3.62. The van der Waals surface area contributed by atoms with Gasteiger partial charge in [0.15, 0.2) is 17.3 Å². The number of hydrogen-bond acceptors (Lipinski definition) is 8. The molecule has 32 heavy (non-hydrogen) atoms. The van der Waals surface area contributed by atoms with Crippen LogP contribution in [0.4, 0.5) is 0 Å². The molecule has 0 N–H and O–H groups in total. The number of likely N-dealkylation sites (tertiary alicyclic amines) is 1. The van der Waals surface area contributed by atoms with Gasteiger partial charge in [-0.2, -0.15) is 10.1 Å². The van der Waals surface area contributed by atoms with Crippen LogP contribution in [0.5, 0.6) is 0 Å². The molecule has 3 aromatic heterocycles. The van der Waals surface area contributed by atoms with Crippen molar-refractivity contribution in [2.45, 2.75) is 65.0 Å². The number of carbonyl (C=O) groups is 1. The van der Waals surface area contributed by atoms with Crippen molar-refractivity contribution in [1.29, 1.82) is 0 Å². The Labute approximate surface area is 185 Å². The third-order valence-corrected chi connectivity index (χ3v) is 6.50. The van der Waals surface area contributed by atoms with Gasteiger partial charge in [-0.05, 0) is 46.5 Å². The summed E-state index contributed by atoms with van der Waals surface area (Å²) in [5.74, 6) is 1.83. The zero-order valence-electron chi connectivity index (χ0n) is 18.7. The molecular weight excluding hydrogens is 412 g/mol. The number of nitrogens with zero attached hydrogens (tertiary/aromatic N) is 6. The van der Waals surface area contributed by atoms with Crippen LogP contribution in [0.15, 0.2) is 15.1 Å². The predicted octanol–water partition coefficient (Wildman–Crippen LogP) is 3.43. The standard InChI is InChI=1S/C22H28N6O4/c1-4-28-14(3)19(13(2)24-28)18-12-16(25-31-18)22(29)27-9-5-6-17(27)21-23-20(26-32-21)15-7-10-30-11-8-15/h12,15,17H,4-11H2,1-3H3. The molecule has 2 fully saturated rings. The van der Waals surface area contributed by atoms with Crippen LogP contribution in [-0.4, -0.2) is 55.6 Å². The van der Waals surface area contributed by atoms with Crippen LogP contribution in [0.1, 0.15) is 78.2 Å². The Hall–Kier alpha value is -3.01. The van der Waals surface area contributed by atoms with E-state index in [4.69, 9.17) is 13.8 Å². The second kappa shape index (κ2) is 8.50.